The van der Waals surface area contributed by atoms with Crippen LogP contribution in [-0.2, 0) is 14.8 Å². The summed E-state index contributed by atoms with van der Waals surface area (Å²) < 4.78 is 68.6. The highest BCUT2D eigenvalue weighted by atomic mass is 32.2. The lowest BCUT2D eigenvalue weighted by Gasteiger charge is -2.13. The van der Waals surface area contributed by atoms with Gasteiger partial charge >= 0.3 is 6.18 Å². The number of aromatic nitrogens is 3. The molecule has 3 heterocycles. The highest BCUT2D eigenvalue weighted by molar-refractivity contribution is 7.93. The second-order valence-electron chi connectivity index (χ2n) is 8.12. The number of nitrogens with one attached hydrogen (secondary N) is 2. The van der Waals surface area contributed by atoms with Gasteiger partial charge in [0.1, 0.15) is 11.6 Å². The molecule has 1 aliphatic rings. The van der Waals surface area contributed by atoms with Crippen LogP contribution in [0.25, 0.3) is 11.1 Å². The Bertz CT molecular complexity index is 1330. The molecule has 36 heavy (non-hydrogen) atoms. The SMILES string of the molecule is CCC(C(=O)Nc1ccc(-c2cncc(OCC(F)(F)F)c2)cn1)c1csc(NS(=O)(=O)C2CC2)n1. The molecule has 0 aromatic carbocycles. The first-order valence-electron chi connectivity index (χ1n) is 10.9. The molecule has 4 rings (SSSR count). The molecule has 9 nitrogen and oxygen atoms in total. The molecule has 1 aliphatic carbocycles. The van der Waals surface area contributed by atoms with Crippen molar-refractivity contribution in [3.63, 3.8) is 0 Å². The molecule has 1 fully saturated rings. The first-order chi connectivity index (χ1) is 17.0. The Kier molecular flexibility index (Phi) is 7.45. The second-order valence-corrected chi connectivity index (χ2v) is 10.9. The number of hydrogen-bond acceptors (Lipinski definition) is 8. The van der Waals surface area contributed by atoms with Gasteiger partial charge in [0.15, 0.2) is 11.7 Å². The summed E-state index contributed by atoms with van der Waals surface area (Å²) in [5.41, 5.74) is 1.51. The van der Waals surface area contributed by atoms with Crippen molar-refractivity contribution >= 4 is 38.2 Å². The first kappa shape index (κ1) is 25.8. The number of rotatable bonds is 10. The molecule has 0 aliphatic heterocycles. The van der Waals surface area contributed by atoms with Gasteiger partial charge in [-0.25, -0.2) is 18.4 Å². The third-order valence-corrected chi connectivity index (χ3v) is 7.99. The average Bonchev–Trinajstić information content (AvgIpc) is 3.60. The highest BCUT2D eigenvalue weighted by Gasteiger charge is 2.36. The number of nitrogens with zero attached hydrogens (tertiary/aromatic N) is 3. The molecule has 3 aromatic rings. The van der Waals surface area contributed by atoms with Gasteiger partial charge < -0.3 is 10.1 Å². The Labute approximate surface area is 209 Å². The molecule has 192 valence electrons. The number of alkyl halides is 3. The van der Waals surface area contributed by atoms with E-state index in [0.29, 0.717) is 36.1 Å². The van der Waals surface area contributed by atoms with Crippen molar-refractivity contribution in [2.24, 2.45) is 0 Å². The van der Waals surface area contributed by atoms with Crippen LogP contribution in [0.2, 0.25) is 0 Å². The number of anilines is 2. The maximum atomic E-state index is 12.9. The van der Waals surface area contributed by atoms with Crippen LogP contribution in [0.5, 0.6) is 5.75 Å². The van der Waals surface area contributed by atoms with Crippen LogP contribution >= 0.6 is 11.3 Å². The smallest absolute Gasteiger partial charge is 0.422 e. The third-order valence-electron chi connectivity index (χ3n) is 5.26. The Hall–Kier alpha value is -3.26. The molecule has 0 radical (unpaired) electrons. The maximum Gasteiger partial charge on any atom is 0.422 e. The van der Waals surface area contributed by atoms with Crippen molar-refractivity contribution in [1.29, 1.82) is 0 Å². The molecule has 14 heteroatoms. The van der Waals surface area contributed by atoms with Gasteiger partial charge in [-0.05, 0) is 37.5 Å². The topological polar surface area (TPSA) is 123 Å². The summed E-state index contributed by atoms with van der Waals surface area (Å²) in [5, 5.41) is 4.21. The van der Waals surface area contributed by atoms with Gasteiger partial charge in [-0.2, -0.15) is 13.2 Å². The minimum Gasteiger partial charge on any atom is -0.482 e. The molecule has 1 amide bonds. The van der Waals surface area contributed by atoms with Crippen LogP contribution in [0.1, 0.15) is 37.8 Å². The lowest BCUT2D eigenvalue weighted by atomic mass is 10.0. The van der Waals surface area contributed by atoms with Gasteiger partial charge in [-0.15, -0.1) is 11.3 Å². The molecule has 1 atom stereocenters. The van der Waals surface area contributed by atoms with Crippen LogP contribution in [0.4, 0.5) is 24.1 Å². The van der Waals surface area contributed by atoms with Crippen LogP contribution in [-0.4, -0.2) is 47.3 Å². The molecular weight excluding hydrogens is 519 g/mol. The van der Waals surface area contributed by atoms with E-state index in [1.54, 1.807) is 17.5 Å². The van der Waals surface area contributed by atoms with Crippen molar-refractivity contribution in [1.82, 2.24) is 15.0 Å². The van der Waals surface area contributed by atoms with E-state index >= 15 is 0 Å². The number of sulfonamides is 1. The summed E-state index contributed by atoms with van der Waals surface area (Å²) in [4.78, 5) is 25.3. The van der Waals surface area contributed by atoms with E-state index in [0.717, 1.165) is 11.3 Å². The number of thiazole rings is 1. The average molecular weight is 542 g/mol. The molecule has 2 N–H and O–H groups in total. The number of halogens is 3. The number of ether oxygens (including phenoxy) is 1. The summed E-state index contributed by atoms with van der Waals surface area (Å²) in [6.07, 6.45) is 1.33. The molecular formula is C22H22F3N5O4S2. The lowest BCUT2D eigenvalue weighted by Crippen LogP contribution is -2.22. The quantitative estimate of drug-likeness (QED) is 0.385. The minimum absolute atomic E-state index is 0.0324. The van der Waals surface area contributed by atoms with E-state index in [2.05, 4.69) is 25.0 Å². The van der Waals surface area contributed by atoms with Gasteiger partial charge in [0.05, 0.1) is 23.1 Å². The summed E-state index contributed by atoms with van der Waals surface area (Å²) >= 11 is 1.12. The lowest BCUT2D eigenvalue weighted by molar-refractivity contribution is -0.153. The van der Waals surface area contributed by atoms with E-state index in [4.69, 9.17) is 4.74 Å². The fraction of sp³-hybridized carbons (Fsp3) is 0.364. The predicted molar refractivity (Wildman–Crippen MR) is 128 cm³/mol. The Morgan fingerprint density at radius 3 is 2.64 bits per heavy atom. The Balaban J connectivity index is 1.40. The van der Waals surface area contributed by atoms with Crippen LogP contribution < -0.4 is 14.8 Å². The first-order valence-corrected chi connectivity index (χ1v) is 13.4. The zero-order chi connectivity index (χ0) is 25.9. The minimum atomic E-state index is -4.46. The summed E-state index contributed by atoms with van der Waals surface area (Å²) in [6, 6.07) is 4.61. The maximum absolute atomic E-state index is 12.9. The fourth-order valence-corrected chi connectivity index (χ4v) is 5.64. The van der Waals surface area contributed by atoms with Crippen molar-refractivity contribution in [2.75, 3.05) is 16.6 Å². The number of hydrogen-bond donors (Lipinski definition) is 2. The molecule has 0 saturated heterocycles. The number of pyridine rings is 2. The van der Waals surface area contributed by atoms with Crippen molar-refractivity contribution in [3.8, 4) is 16.9 Å². The molecule has 1 saturated carbocycles. The standard InChI is InChI=1S/C22H22F3N5O4S2/c1-2-17(18-11-35-21(28-18)30-36(32,33)16-4-5-16)20(31)29-19-6-3-13(9-27-19)14-7-15(10-26-8-14)34-12-22(23,24)25/h3,6-11,16-17H,2,4-5,12H2,1H3,(H,28,30)(H,27,29,31). The number of amides is 1. The Morgan fingerprint density at radius 2 is 2.00 bits per heavy atom. The summed E-state index contributed by atoms with van der Waals surface area (Å²) in [5.74, 6) is -0.739. The van der Waals surface area contributed by atoms with Crippen molar-refractivity contribution in [2.45, 2.75) is 43.5 Å². The van der Waals surface area contributed by atoms with Crippen molar-refractivity contribution < 1.29 is 31.1 Å². The summed E-state index contributed by atoms with van der Waals surface area (Å²) in [7, 11) is -3.44. The van der Waals surface area contributed by atoms with Crippen LogP contribution in [0, 0.1) is 0 Å². The van der Waals surface area contributed by atoms with Gasteiger partial charge in [0, 0.05) is 28.9 Å². The predicted octanol–water partition coefficient (Wildman–Crippen LogP) is 4.58. The number of carbonyl (C=O) groups is 1. The Morgan fingerprint density at radius 1 is 1.22 bits per heavy atom. The fourth-order valence-electron chi connectivity index (χ4n) is 3.28. The largest absolute Gasteiger partial charge is 0.482 e. The highest BCUT2D eigenvalue weighted by Crippen LogP contribution is 2.32. The zero-order valence-electron chi connectivity index (χ0n) is 18.9. The van der Waals surface area contributed by atoms with Crippen LogP contribution in [0.15, 0.2) is 42.2 Å². The molecule has 3 aromatic heterocycles. The van der Waals surface area contributed by atoms with E-state index in [-0.39, 0.29) is 27.9 Å². The number of carbonyl (C=O) groups excluding carboxylic acids is 1. The molecule has 1 unspecified atom stereocenters. The van der Waals surface area contributed by atoms with E-state index in [1.165, 1.54) is 24.7 Å². The van der Waals surface area contributed by atoms with E-state index in [1.807, 2.05) is 6.92 Å². The van der Waals surface area contributed by atoms with Gasteiger partial charge in [0.25, 0.3) is 0 Å². The van der Waals surface area contributed by atoms with Crippen molar-refractivity contribution in [3.05, 3.63) is 47.9 Å². The van der Waals surface area contributed by atoms with Crippen LogP contribution in [0.3, 0.4) is 0 Å². The third kappa shape index (κ3) is 6.69. The normalized spacial score (nSPS) is 14.8. The second kappa shape index (κ2) is 10.4. The van der Waals surface area contributed by atoms with Gasteiger partial charge in [-0.1, -0.05) is 6.92 Å². The van der Waals surface area contributed by atoms with Gasteiger partial charge in [-0.3, -0.25) is 14.5 Å². The molecule has 0 bridgehead atoms. The summed E-state index contributed by atoms with van der Waals surface area (Å²) in [6.45, 7) is 0.391. The monoisotopic (exact) mass is 541 g/mol. The van der Waals surface area contributed by atoms with E-state index < -0.39 is 28.7 Å². The zero-order valence-corrected chi connectivity index (χ0v) is 20.6. The van der Waals surface area contributed by atoms with E-state index in [9.17, 15) is 26.4 Å². The molecule has 0 spiro atoms. The van der Waals surface area contributed by atoms with Gasteiger partial charge in [0.2, 0.25) is 15.9 Å².